The van der Waals surface area contributed by atoms with E-state index in [1.54, 1.807) is 7.05 Å². The summed E-state index contributed by atoms with van der Waals surface area (Å²) in [6.45, 7) is 10.5. The number of hydrogen-bond donors (Lipinski definition) is 1. The lowest BCUT2D eigenvalue weighted by Crippen LogP contribution is -2.34. The minimum absolute atomic E-state index is 0.134. The third kappa shape index (κ3) is 5.96. The molecule has 12 heavy (non-hydrogen) atoms. The van der Waals surface area contributed by atoms with Gasteiger partial charge in [0.15, 0.2) is 0 Å². The number of nitrogens with zero attached hydrogens (tertiary/aromatic N) is 1. The summed E-state index contributed by atoms with van der Waals surface area (Å²) in [5, 5.41) is 3.36. The summed E-state index contributed by atoms with van der Waals surface area (Å²) < 4.78 is 0. The lowest BCUT2D eigenvalue weighted by Gasteiger charge is -2.22. The summed E-state index contributed by atoms with van der Waals surface area (Å²) in [6.07, 6.45) is 2.05. The summed E-state index contributed by atoms with van der Waals surface area (Å²) >= 11 is 0. The van der Waals surface area contributed by atoms with Gasteiger partial charge in [0.2, 0.25) is 0 Å². The number of nitrogens with one attached hydrogen (secondary N) is 1. The monoisotopic (exact) mass is 168 g/mol. The molecule has 0 fully saturated rings. The third-order valence-corrected chi connectivity index (χ3v) is 1.35. The maximum atomic E-state index is 4.06. The van der Waals surface area contributed by atoms with Crippen LogP contribution in [0.3, 0.4) is 0 Å². The SMILES string of the molecule is CN=C(C)/C=C(/C)NC(C)(C)C. The Hall–Kier alpha value is -0.790. The highest BCUT2D eigenvalue weighted by Gasteiger charge is 2.07. The van der Waals surface area contributed by atoms with Crippen molar-refractivity contribution in [2.75, 3.05) is 7.05 Å². The van der Waals surface area contributed by atoms with Gasteiger partial charge in [-0.3, -0.25) is 4.99 Å². The molecule has 0 aromatic heterocycles. The molecule has 0 radical (unpaired) electrons. The maximum Gasteiger partial charge on any atom is 0.0330 e. The zero-order chi connectivity index (χ0) is 9.78. The first-order valence-electron chi connectivity index (χ1n) is 4.25. The van der Waals surface area contributed by atoms with Gasteiger partial charge in [0.25, 0.3) is 0 Å². The molecule has 0 atom stereocenters. The van der Waals surface area contributed by atoms with Crippen LogP contribution >= 0.6 is 0 Å². The fraction of sp³-hybridized carbons (Fsp3) is 0.700. The van der Waals surface area contributed by atoms with Gasteiger partial charge in [-0.15, -0.1) is 0 Å². The lowest BCUT2D eigenvalue weighted by molar-refractivity contribution is 0.474. The van der Waals surface area contributed by atoms with Crippen molar-refractivity contribution in [3.63, 3.8) is 0 Å². The predicted molar refractivity (Wildman–Crippen MR) is 55.7 cm³/mol. The standard InChI is InChI=1S/C10H20N2/c1-8(11-6)7-9(2)12-10(3,4)5/h7,12H,1-6H3/b9-7-,11-8?. The Balaban J connectivity index is 4.22. The van der Waals surface area contributed by atoms with Gasteiger partial charge in [-0.05, 0) is 40.7 Å². The Morgan fingerprint density at radius 1 is 1.25 bits per heavy atom. The Labute approximate surface area is 75.8 Å². The molecule has 2 heteroatoms. The molecule has 1 N–H and O–H groups in total. The fourth-order valence-corrected chi connectivity index (χ4v) is 1.01. The van der Waals surface area contributed by atoms with E-state index in [2.05, 4.69) is 38.0 Å². The van der Waals surface area contributed by atoms with Crippen molar-refractivity contribution >= 4 is 5.71 Å². The molecule has 2 nitrogen and oxygen atoms in total. The van der Waals surface area contributed by atoms with Gasteiger partial charge in [-0.25, -0.2) is 0 Å². The van der Waals surface area contributed by atoms with Gasteiger partial charge in [-0.2, -0.15) is 0 Å². The van der Waals surface area contributed by atoms with E-state index in [0.717, 1.165) is 11.4 Å². The van der Waals surface area contributed by atoms with Crippen molar-refractivity contribution in [3.8, 4) is 0 Å². The zero-order valence-electron chi connectivity index (χ0n) is 9.02. The molecule has 70 valence electrons. The Kier molecular flexibility index (Phi) is 4.01. The lowest BCUT2D eigenvalue weighted by atomic mass is 10.1. The van der Waals surface area contributed by atoms with Gasteiger partial charge >= 0.3 is 0 Å². The smallest absolute Gasteiger partial charge is 0.0330 e. The highest BCUT2D eigenvalue weighted by molar-refractivity contribution is 5.93. The van der Waals surface area contributed by atoms with E-state index in [4.69, 9.17) is 0 Å². The fourth-order valence-electron chi connectivity index (χ4n) is 1.01. The number of rotatable bonds is 2. The molecule has 0 unspecified atom stereocenters. The third-order valence-electron chi connectivity index (χ3n) is 1.35. The highest BCUT2D eigenvalue weighted by Crippen LogP contribution is 2.02. The van der Waals surface area contributed by atoms with Crippen LogP contribution in [0.25, 0.3) is 0 Å². The average Bonchev–Trinajstić information content (AvgIpc) is 1.82. The number of hydrogen-bond acceptors (Lipinski definition) is 2. The van der Waals surface area contributed by atoms with Crippen molar-refractivity contribution < 1.29 is 0 Å². The van der Waals surface area contributed by atoms with Crippen molar-refractivity contribution in [1.82, 2.24) is 5.32 Å². The first kappa shape index (κ1) is 11.2. The van der Waals surface area contributed by atoms with E-state index < -0.39 is 0 Å². The van der Waals surface area contributed by atoms with E-state index in [1.807, 2.05) is 13.0 Å². The minimum atomic E-state index is 0.134. The van der Waals surface area contributed by atoms with E-state index in [-0.39, 0.29) is 5.54 Å². The average molecular weight is 168 g/mol. The molecule has 0 aliphatic heterocycles. The van der Waals surface area contributed by atoms with E-state index in [9.17, 15) is 0 Å². The quantitative estimate of drug-likeness (QED) is 0.629. The summed E-state index contributed by atoms with van der Waals surface area (Å²) in [5.74, 6) is 0. The molecule has 0 rings (SSSR count). The first-order chi connectivity index (χ1) is 5.35. The van der Waals surface area contributed by atoms with E-state index in [1.165, 1.54) is 0 Å². The maximum absolute atomic E-state index is 4.06. The topological polar surface area (TPSA) is 24.4 Å². The van der Waals surface area contributed by atoms with Gasteiger partial charge in [-0.1, -0.05) is 0 Å². The molecule has 0 bridgehead atoms. The Morgan fingerprint density at radius 3 is 2.08 bits per heavy atom. The molecule has 0 aromatic carbocycles. The summed E-state index contributed by atoms with van der Waals surface area (Å²) in [5.41, 5.74) is 2.34. The normalized spacial score (nSPS) is 14.8. The van der Waals surface area contributed by atoms with E-state index in [0.29, 0.717) is 0 Å². The van der Waals surface area contributed by atoms with Crippen LogP contribution in [0, 0.1) is 0 Å². The van der Waals surface area contributed by atoms with Gasteiger partial charge in [0.1, 0.15) is 0 Å². The van der Waals surface area contributed by atoms with Crippen LogP contribution in [-0.2, 0) is 0 Å². The van der Waals surface area contributed by atoms with E-state index >= 15 is 0 Å². The van der Waals surface area contributed by atoms with Crippen LogP contribution in [0.4, 0.5) is 0 Å². The number of aliphatic imine (C=N–C) groups is 1. The van der Waals surface area contributed by atoms with Crippen molar-refractivity contribution in [1.29, 1.82) is 0 Å². The second-order valence-corrected chi connectivity index (χ2v) is 4.07. The summed E-state index contributed by atoms with van der Waals surface area (Å²) in [7, 11) is 1.80. The second kappa shape index (κ2) is 4.29. The van der Waals surface area contributed by atoms with Gasteiger partial charge in [0, 0.05) is 24.0 Å². The Morgan fingerprint density at radius 2 is 1.75 bits per heavy atom. The van der Waals surface area contributed by atoms with Crippen LogP contribution < -0.4 is 5.32 Å². The first-order valence-corrected chi connectivity index (χ1v) is 4.25. The Bertz CT molecular complexity index is 194. The molecule has 0 aliphatic carbocycles. The van der Waals surface area contributed by atoms with Crippen LogP contribution in [0.1, 0.15) is 34.6 Å². The molecule has 0 saturated carbocycles. The van der Waals surface area contributed by atoms with Crippen molar-refractivity contribution in [2.24, 2.45) is 4.99 Å². The van der Waals surface area contributed by atoms with Crippen LogP contribution in [0.2, 0.25) is 0 Å². The van der Waals surface area contributed by atoms with Crippen molar-refractivity contribution in [2.45, 2.75) is 40.2 Å². The summed E-state index contributed by atoms with van der Waals surface area (Å²) in [4.78, 5) is 4.06. The van der Waals surface area contributed by atoms with Crippen LogP contribution in [-0.4, -0.2) is 18.3 Å². The molecule has 0 aliphatic rings. The molecule has 0 aromatic rings. The molecule has 0 spiro atoms. The van der Waals surface area contributed by atoms with Crippen molar-refractivity contribution in [3.05, 3.63) is 11.8 Å². The zero-order valence-corrected chi connectivity index (χ0v) is 9.02. The van der Waals surface area contributed by atoms with Crippen LogP contribution in [0.15, 0.2) is 16.8 Å². The molecular weight excluding hydrogens is 148 g/mol. The van der Waals surface area contributed by atoms with Gasteiger partial charge in [0.05, 0.1) is 0 Å². The second-order valence-electron chi connectivity index (χ2n) is 4.07. The number of allylic oxidation sites excluding steroid dienone is 2. The molecule has 0 heterocycles. The van der Waals surface area contributed by atoms with Gasteiger partial charge < -0.3 is 5.32 Å². The molecule has 0 amide bonds. The largest absolute Gasteiger partial charge is 0.384 e. The molecular formula is C10H20N2. The minimum Gasteiger partial charge on any atom is -0.384 e. The predicted octanol–water partition coefficient (Wildman–Crippen LogP) is 2.37. The highest BCUT2D eigenvalue weighted by atomic mass is 15.0. The molecule has 0 saturated heterocycles. The van der Waals surface area contributed by atoms with Crippen LogP contribution in [0.5, 0.6) is 0 Å². The summed E-state index contributed by atoms with van der Waals surface area (Å²) in [6, 6.07) is 0.